The number of halogens is 1. The van der Waals surface area contributed by atoms with Crippen LogP contribution in [0.5, 0.6) is 0 Å². The fraction of sp³-hybridized carbons (Fsp3) is 0.316. The van der Waals surface area contributed by atoms with E-state index < -0.39 is 0 Å². The van der Waals surface area contributed by atoms with Crippen LogP contribution in [0.1, 0.15) is 12.1 Å². The van der Waals surface area contributed by atoms with Crippen molar-refractivity contribution >= 4 is 27.3 Å². The molecule has 4 rings (SSSR count). The van der Waals surface area contributed by atoms with E-state index >= 15 is 0 Å². The number of fused-ring (bicyclic) bond motifs is 1. The third-order valence-corrected chi connectivity index (χ3v) is 5.48. The van der Waals surface area contributed by atoms with E-state index in [4.69, 9.17) is 4.98 Å². The van der Waals surface area contributed by atoms with Gasteiger partial charge < -0.3 is 9.72 Å². The van der Waals surface area contributed by atoms with Crippen molar-refractivity contribution in [2.75, 3.05) is 26.2 Å². The molecular formula is C19H20BrN5O2. The van der Waals surface area contributed by atoms with E-state index in [0.29, 0.717) is 0 Å². The van der Waals surface area contributed by atoms with Gasteiger partial charge in [-0.2, -0.15) is 0 Å². The zero-order valence-electron chi connectivity index (χ0n) is 14.8. The fourth-order valence-corrected chi connectivity index (χ4v) is 3.91. The van der Waals surface area contributed by atoms with E-state index in [1.165, 1.54) is 12.1 Å². The lowest BCUT2D eigenvalue weighted by Crippen LogP contribution is -2.28. The van der Waals surface area contributed by atoms with E-state index in [9.17, 15) is 10.1 Å². The van der Waals surface area contributed by atoms with Crippen LogP contribution >= 0.6 is 15.9 Å². The molecule has 1 aliphatic rings. The Morgan fingerprint density at radius 2 is 2.00 bits per heavy atom. The summed E-state index contributed by atoms with van der Waals surface area (Å²) >= 11 is 3.59. The highest BCUT2D eigenvalue weighted by molar-refractivity contribution is 9.10. The molecule has 27 heavy (non-hydrogen) atoms. The highest BCUT2D eigenvalue weighted by atomic mass is 79.9. The number of pyridine rings is 1. The first-order valence-corrected chi connectivity index (χ1v) is 9.76. The topological polar surface area (TPSA) is 75.7 Å². The number of nitrogens with zero attached hydrogens (tertiary/aromatic N) is 4. The zero-order valence-corrected chi connectivity index (χ0v) is 16.4. The summed E-state index contributed by atoms with van der Waals surface area (Å²) < 4.78 is 3.04. The van der Waals surface area contributed by atoms with Gasteiger partial charge in [0.05, 0.1) is 20.8 Å². The summed E-state index contributed by atoms with van der Waals surface area (Å²) in [6.45, 7) is 4.83. The molecule has 1 fully saturated rings. The molecule has 140 valence electrons. The summed E-state index contributed by atoms with van der Waals surface area (Å²) in [5.74, 6) is 0. The van der Waals surface area contributed by atoms with Gasteiger partial charge in [0, 0.05) is 43.5 Å². The Kier molecular flexibility index (Phi) is 5.20. The van der Waals surface area contributed by atoms with Gasteiger partial charge in [-0.05, 0) is 59.7 Å². The van der Waals surface area contributed by atoms with E-state index in [1.54, 1.807) is 12.1 Å². The van der Waals surface area contributed by atoms with Crippen LogP contribution in [-0.4, -0.2) is 45.4 Å². The monoisotopic (exact) mass is 429 g/mol. The van der Waals surface area contributed by atoms with Crippen molar-refractivity contribution in [3.63, 3.8) is 0 Å². The molecule has 0 saturated carbocycles. The molecule has 1 saturated heterocycles. The number of nitro benzene ring substituents is 1. The van der Waals surface area contributed by atoms with Gasteiger partial charge in [0.2, 0.25) is 0 Å². The van der Waals surface area contributed by atoms with Crippen molar-refractivity contribution in [1.29, 1.82) is 0 Å². The van der Waals surface area contributed by atoms with Gasteiger partial charge in [0.25, 0.3) is 5.69 Å². The smallest absolute Gasteiger partial charge is 0.269 e. The number of hydrogen-bond acceptors (Lipinski definition) is 5. The molecule has 7 nitrogen and oxygen atoms in total. The first-order chi connectivity index (χ1) is 13.1. The summed E-state index contributed by atoms with van der Waals surface area (Å²) in [5.41, 5.74) is 3.80. The molecule has 1 aromatic carbocycles. The lowest BCUT2D eigenvalue weighted by atomic mass is 10.1. The van der Waals surface area contributed by atoms with Crippen molar-refractivity contribution in [2.24, 2.45) is 0 Å². The molecule has 0 bridgehead atoms. The SMILES string of the molecule is O=[N+]([O-])c1ccc(-c2nc3c(Br)cccn3c2CN2CCCNCC2)cc1. The minimum absolute atomic E-state index is 0.0869. The van der Waals surface area contributed by atoms with Crippen molar-refractivity contribution in [1.82, 2.24) is 19.6 Å². The third kappa shape index (κ3) is 3.73. The Morgan fingerprint density at radius 3 is 2.78 bits per heavy atom. The van der Waals surface area contributed by atoms with Gasteiger partial charge in [-0.1, -0.05) is 0 Å². The lowest BCUT2D eigenvalue weighted by molar-refractivity contribution is -0.384. The normalized spacial score (nSPS) is 15.7. The quantitative estimate of drug-likeness (QED) is 0.507. The van der Waals surface area contributed by atoms with Gasteiger partial charge in [-0.15, -0.1) is 0 Å². The number of imidazole rings is 1. The third-order valence-electron chi connectivity index (χ3n) is 4.86. The number of aromatic nitrogens is 2. The van der Waals surface area contributed by atoms with Gasteiger partial charge in [0.1, 0.15) is 0 Å². The number of nitro groups is 1. The van der Waals surface area contributed by atoms with Crippen molar-refractivity contribution in [3.8, 4) is 11.3 Å². The number of non-ortho nitro benzene ring substituents is 1. The fourth-order valence-electron chi connectivity index (χ4n) is 3.48. The highest BCUT2D eigenvalue weighted by Crippen LogP contribution is 2.30. The van der Waals surface area contributed by atoms with Crippen LogP contribution in [0.15, 0.2) is 47.1 Å². The summed E-state index contributed by atoms with van der Waals surface area (Å²) in [6.07, 6.45) is 3.14. The molecule has 0 spiro atoms. The number of nitrogens with one attached hydrogen (secondary N) is 1. The maximum Gasteiger partial charge on any atom is 0.269 e. The lowest BCUT2D eigenvalue weighted by Gasteiger charge is -2.20. The minimum Gasteiger partial charge on any atom is -0.315 e. The molecule has 2 aromatic heterocycles. The van der Waals surface area contributed by atoms with Gasteiger partial charge in [0.15, 0.2) is 5.65 Å². The van der Waals surface area contributed by atoms with Crippen LogP contribution in [-0.2, 0) is 6.54 Å². The zero-order chi connectivity index (χ0) is 18.8. The number of benzene rings is 1. The van der Waals surface area contributed by atoms with E-state index in [-0.39, 0.29) is 10.6 Å². The minimum atomic E-state index is -0.380. The van der Waals surface area contributed by atoms with Crippen LogP contribution in [0.2, 0.25) is 0 Å². The number of hydrogen-bond donors (Lipinski definition) is 1. The summed E-state index contributed by atoms with van der Waals surface area (Å²) in [7, 11) is 0. The molecule has 0 radical (unpaired) electrons. The maximum atomic E-state index is 11.0. The molecule has 1 N–H and O–H groups in total. The first kappa shape index (κ1) is 18.1. The molecular weight excluding hydrogens is 410 g/mol. The number of rotatable bonds is 4. The van der Waals surface area contributed by atoms with E-state index in [2.05, 4.69) is 30.5 Å². The largest absolute Gasteiger partial charge is 0.315 e. The Hall–Kier alpha value is -2.29. The molecule has 8 heteroatoms. The van der Waals surface area contributed by atoms with Crippen LogP contribution in [0.3, 0.4) is 0 Å². The molecule has 3 aromatic rings. The molecule has 0 aliphatic carbocycles. The average Bonchev–Trinajstić information content (AvgIpc) is 2.85. The Balaban J connectivity index is 1.78. The van der Waals surface area contributed by atoms with E-state index in [1.807, 2.05) is 18.3 Å². The molecule has 1 aliphatic heterocycles. The summed E-state index contributed by atoms with van der Waals surface area (Å²) in [5, 5.41) is 14.4. The standard InChI is InChI=1S/C19H20BrN5O2/c20-16-3-1-11-24-17(13-23-10-2-8-21-9-12-23)18(22-19(16)24)14-4-6-15(7-5-14)25(26)27/h1,3-7,11,21H,2,8-10,12-13H2. The Bertz CT molecular complexity index is 962. The summed E-state index contributed by atoms with van der Waals surface area (Å²) in [6, 6.07) is 10.6. The highest BCUT2D eigenvalue weighted by Gasteiger charge is 2.19. The van der Waals surface area contributed by atoms with Crippen LogP contribution in [0.25, 0.3) is 16.9 Å². The van der Waals surface area contributed by atoms with E-state index in [0.717, 1.165) is 66.2 Å². The summed E-state index contributed by atoms with van der Waals surface area (Å²) in [4.78, 5) is 17.9. The second kappa shape index (κ2) is 7.75. The van der Waals surface area contributed by atoms with Crippen molar-refractivity contribution < 1.29 is 4.92 Å². The van der Waals surface area contributed by atoms with Crippen LogP contribution < -0.4 is 5.32 Å². The predicted molar refractivity (Wildman–Crippen MR) is 108 cm³/mol. The van der Waals surface area contributed by atoms with Gasteiger partial charge >= 0.3 is 0 Å². The van der Waals surface area contributed by atoms with Crippen molar-refractivity contribution in [3.05, 3.63) is 62.9 Å². The first-order valence-electron chi connectivity index (χ1n) is 8.97. The second-order valence-electron chi connectivity index (χ2n) is 6.64. The Morgan fingerprint density at radius 1 is 1.19 bits per heavy atom. The van der Waals surface area contributed by atoms with Crippen molar-refractivity contribution in [2.45, 2.75) is 13.0 Å². The average molecular weight is 430 g/mol. The maximum absolute atomic E-state index is 11.0. The Labute approximate surface area is 165 Å². The van der Waals surface area contributed by atoms with Gasteiger partial charge in [-0.25, -0.2) is 4.98 Å². The predicted octanol–water partition coefficient (Wildman–Crippen LogP) is 3.47. The molecule has 0 amide bonds. The molecule has 0 unspecified atom stereocenters. The second-order valence-corrected chi connectivity index (χ2v) is 7.49. The molecule has 3 heterocycles. The molecule has 0 atom stereocenters. The van der Waals surface area contributed by atoms with Crippen LogP contribution in [0, 0.1) is 10.1 Å². The van der Waals surface area contributed by atoms with Crippen LogP contribution in [0.4, 0.5) is 5.69 Å². The van der Waals surface area contributed by atoms with Gasteiger partial charge in [-0.3, -0.25) is 15.0 Å².